The summed E-state index contributed by atoms with van der Waals surface area (Å²) in [4.78, 5) is 23.9. The lowest BCUT2D eigenvalue weighted by atomic mass is 9.82. The van der Waals surface area contributed by atoms with Crippen LogP contribution in [0.3, 0.4) is 0 Å². The Morgan fingerprint density at radius 2 is 1.90 bits per heavy atom. The van der Waals surface area contributed by atoms with Gasteiger partial charge in [0.15, 0.2) is 0 Å². The molecule has 0 spiro atoms. The van der Waals surface area contributed by atoms with E-state index in [1.807, 2.05) is 19.1 Å². The van der Waals surface area contributed by atoms with E-state index in [4.69, 9.17) is 11.6 Å². The van der Waals surface area contributed by atoms with Crippen molar-refractivity contribution in [1.29, 1.82) is 0 Å². The van der Waals surface area contributed by atoms with Crippen molar-refractivity contribution in [3.05, 3.63) is 40.9 Å². The summed E-state index contributed by atoms with van der Waals surface area (Å²) in [5.74, 6) is -2.21. The van der Waals surface area contributed by atoms with Crippen LogP contribution in [0.25, 0.3) is 0 Å². The first-order valence-electron chi connectivity index (χ1n) is 6.95. The van der Waals surface area contributed by atoms with E-state index >= 15 is 0 Å². The van der Waals surface area contributed by atoms with Crippen LogP contribution in [-0.4, -0.2) is 17.0 Å². The fourth-order valence-electron chi connectivity index (χ4n) is 3.46. The molecule has 110 valence electrons. The maximum absolute atomic E-state index is 12.5. The highest BCUT2D eigenvalue weighted by molar-refractivity contribution is 6.31. The zero-order chi connectivity index (χ0) is 15.1. The molecule has 1 saturated carbocycles. The lowest BCUT2D eigenvalue weighted by Gasteiger charge is -2.24. The Hall–Kier alpha value is -1.81. The maximum atomic E-state index is 12.5. The summed E-state index contributed by atoms with van der Waals surface area (Å²) in [6, 6.07) is 5.24. The van der Waals surface area contributed by atoms with Crippen molar-refractivity contribution in [2.24, 2.45) is 23.7 Å². The van der Waals surface area contributed by atoms with Crippen LogP contribution in [0.2, 0.25) is 5.02 Å². The molecular weight excluding hydrogens is 290 g/mol. The van der Waals surface area contributed by atoms with Crippen molar-refractivity contribution in [2.75, 3.05) is 5.32 Å². The predicted molar refractivity (Wildman–Crippen MR) is 80.2 cm³/mol. The Bertz CT molecular complexity index is 640. The van der Waals surface area contributed by atoms with Gasteiger partial charge in [-0.15, -0.1) is 0 Å². The summed E-state index contributed by atoms with van der Waals surface area (Å²) in [5.41, 5.74) is 1.52. The van der Waals surface area contributed by atoms with Gasteiger partial charge in [0.1, 0.15) is 0 Å². The average Bonchev–Trinajstić information content (AvgIpc) is 3.03. The molecule has 1 fully saturated rings. The molecule has 1 amide bonds. The molecule has 0 aromatic heterocycles. The standard InChI is InChI=1S/C16H16ClNO3/c1-8-6-11(4-5-12(8)17)18-15(19)13-9-2-3-10(7-9)14(13)16(20)21/h2-6,9-10,13-14H,7H2,1H3,(H,18,19)(H,20,21). The van der Waals surface area contributed by atoms with Gasteiger partial charge in [-0.3, -0.25) is 9.59 Å². The number of carboxylic acid groups (broad SMARTS) is 1. The highest BCUT2D eigenvalue weighted by Gasteiger charge is 2.51. The largest absolute Gasteiger partial charge is 0.481 e. The van der Waals surface area contributed by atoms with Crippen LogP contribution >= 0.6 is 11.6 Å². The number of hydrogen-bond donors (Lipinski definition) is 2. The summed E-state index contributed by atoms with van der Waals surface area (Å²) < 4.78 is 0. The molecule has 0 aliphatic heterocycles. The van der Waals surface area contributed by atoms with Crippen LogP contribution < -0.4 is 5.32 Å². The number of halogens is 1. The van der Waals surface area contributed by atoms with Crippen molar-refractivity contribution in [2.45, 2.75) is 13.3 Å². The minimum absolute atomic E-state index is 0.0183. The van der Waals surface area contributed by atoms with E-state index in [0.717, 1.165) is 12.0 Å². The molecule has 1 aromatic carbocycles. The molecule has 2 aliphatic rings. The Labute approximate surface area is 127 Å². The van der Waals surface area contributed by atoms with E-state index in [1.165, 1.54) is 0 Å². The number of allylic oxidation sites excluding steroid dienone is 2. The third-order valence-corrected chi connectivity index (χ3v) is 4.90. The summed E-state index contributed by atoms with van der Waals surface area (Å²) in [6.45, 7) is 1.86. The van der Waals surface area contributed by atoms with Crippen LogP contribution in [0.5, 0.6) is 0 Å². The van der Waals surface area contributed by atoms with Crippen molar-refractivity contribution >= 4 is 29.2 Å². The SMILES string of the molecule is Cc1cc(NC(=O)C2C3C=CC(C3)C2C(=O)O)ccc1Cl. The molecule has 3 rings (SSSR count). The van der Waals surface area contributed by atoms with E-state index in [9.17, 15) is 14.7 Å². The number of anilines is 1. The summed E-state index contributed by atoms with van der Waals surface area (Å²) >= 11 is 5.96. The van der Waals surface area contributed by atoms with Crippen molar-refractivity contribution in [3.8, 4) is 0 Å². The average molecular weight is 306 g/mol. The Balaban J connectivity index is 1.80. The second-order valence-corrected chi connectivity index (χ2v) is 6.20. The van der Waals surface area contributed by atoms with Gasteiger partial charge in [0.2, 0.25) is 5.91 Å². The summed E-state index contributed by atoms with van der Waals surface area (Å²) in [6.07, 6.45) is 4.66. The molecule has 4 unspecified atom stereocenters. The van der Waals surface area contributed by atoms with E-state index < -0.39 is 17.8 Å². The number of nitrogens with one attached hydrogen (secondary N) is 1. The predicted octanol–water partition coefficient (Wildman–Crippen LogP) is 3.11. The zero-order valence-corrected chi connectivity index (χ0v) is 12.3. The molecule has 2 aliphatic carbocycles. The lowest BCUT2D eigenvalue weighted by molar-refractivity contribution is -0.146. The van der Waals surface area contributed by atoms with Crippen LogP contribution in [0.4, 0.5) is 5.69 Å². The number of fused-ring (bicyclic) bond motifs is 2. The number of amides is 1. The molecule has 5 heteroatoms. The van der Waals surface area contributed by atoms with Crippen LogP contribution in [0.15, 0.2) is 30.4 Å². The molecule has 0 heterocycles. The number of carbonyl (C=O) groups excluding carboxylic acids is 1. The molecule has 0 saturated heterocycles. The molecule has 2 N–H and O–H groups in total. The Kier molecular flexibility index (Phi) is 3.49. The van der Waals surface area contributed by atoms with Gasteiger partial charge in [0.25, 0.3) is 0 Å². The van der Waals surface area contributed by atoms with E-state index in [-0.39, 0.29) is 17.7 Å². The second-order valence-electron chi connectivity index (χ2n) is 5.79. The minimum Gasteiger partial charge on any atom is -0.481 e. The van der Waals surface area contributed by atoms with E-state index in [2.05, 4.69) is 5.32 Å². The quantitative estimate of drug-likeness (QED) is 0.843. The normalized spacial score (nSPS) is 29.6. The van der Waals surface area contributed by atoms with Gasteiger partial charge in [-0.2, -0.15) is 0 Å². The number of aryl methyl sites for hydroxylation is 1. The fraction of sp³-hybridized carbons (Fsp3) is 0.375. The number of benzene rings is 1. The lowest BCUT2D eigenvalue weighted by Crippen LogP contribution is -2.36. The number of carbonyl (C=O) groups is 2. The van der Waals surface area contributed by atoms with Crippen LogP contribution in [0, 0.1) is 30.6 Å². The van der Waals surface area contributed by atoms with E-state index in [0.29, 0.717) is 10.7 Å². The molecular formula is C16H16ClNO3. The van der Waals surface area contributed by atoms with Crippen LogP contribution in [0.1, 0.15) is 12.0 Å². The smallest absolute Gasteiger partial charge is 0.307 e. The van der Waals surface area contributed by atoms with E-state index in [1.54, 1.807) is 18.2 Å². The number of rotatable bonds is 3. The number of carboxylic acids is 1. The van der Waals surface area contributed by atoms with Gasteiger partial charge in [0.05, 0.1) is 11.8 Å². The van der Waals surface area contributed by atoms with Crippen LogP contribution in [-0.2, 0) is 9.59 Å². The maximum Gasteiger partial charge on any atom is 0.307 e. The van der Waals surface area contributed by atoms with Gasteiger partial charge < -0.3 is 10.4 Å². The molecule has 4 atom stereocenters. The molecule has 0 radical (unpaired) electrons. The molecule has 2 bridgehead atoms. The Morgan fingerprint density at radius 3 is 2.52 bits per heavy atom. The molecule has 4 nitrogen and oxygen atoms in total. The highest BCUT2D eigenvalue weighted by atomic mass is 35.5. The fourth-order valence-corrected chi connectivity index (χ4v) is 3.58. The third kappa shape index (κ3) is 2.44. The first kappa shape index (κ1) is 14.1. The monoisotopic (exact) mass is 305 g/mol. The van der Waals surface area contributed by atoms with Gasteiger partial charge in [-0.25, -0.2) is 0 Å². The first-order valence-corrected chi connectivity index (χ1v) is 7.33. The molecule has 1 aromatic rings. The number of aliphatic carboxylic acids is 1. The molecule has 21 heavy (non-hydrogen) atoms. The highest BCUT2D eigenvalue weighted by Crippen LogP contribution is 2.48. The van der Waals surface area contributed by atoms with Gasteiger partial charge in [0, 0.05) is 10.7 Å². The zero-order valence-electron chi connectivity index (χ0n) is 11.5. The van der Waals surface area contributed by atoms with Gasteiger partial charge in [-0.05, 0) is 48.9 Å². The first-order chi connectivity index (χ1) is 9.97. The van der Waals surface area contributed by atoms with Crippen molar-refractivity contribution in [1.82, 2.24) is 0 Å². The van der Waals surface area contributed by atoms with Crippen molar-refractivity contribution in [3.63, 3.8) is 0 Å². The van der Waals surface area contributed by atoms with Crippen molar-refractivity contribution < 1.29 is 14.7 Å². The van der Waals surface area contributed by atoms with Gasteiger partial charge >= 0.3 is 5.97 Å². The third-order valence-electron chi connectivity index (χ3n) is 4.47. The topological polar surface area (TPSA) is 66.4 Å². The van der Waals surface area contributed by atoms with Gasteiger partial charge in [-0.1, -0.05) is 23.8 Å². The second kappa shape index (κ2) is 5.19. The number of hydrogen-bond acceptors (Lipinski definition) is 2. The Morgan fingerprint density at radius 1 is 1.24 bits per heavy atom. The summed E-state index contributed by atoms with van der Waals surface area (Å²) in [7, 11) is 0. The summed E-state index contributed by atoms with van der Waals surface area (Å²) in [5, 5.41) is 12.8. The minimum atomic E-state index is -0.890.